The van der Waals surface area contributed by atoms with Crippen molar-refractivity contribution in [2.24, 2.45) is 0 Å². The number of ether oxygens (including phenoxy) is 2. The van der Waals surface area contributed by atoms with Crippen molar-refractivity contribution in [2.45, 2.75) is 51.2 Å². The lowest BCUT2D eigenvalue weighted by Crippen LogP contribution is -2.36. The van der Waals surface area contributed by atoms with Crippen LogP contribution < -0.4 is 15.4 Å². The second-order valence-electron chi connectivity index (χ2n) is 7.32. The number of urea groups is 1. The molecule has 3 rings (SSSR count). The lowest BCUT2D eigenvalue weighted by molar-refractivity contribution is -0.0109. The average Bonchev–Trinajstić information content (AvgIpc) is 2.73. The van der Waals surface area contributed by atoms with Crippen molar-refractivity contribution in [3.8, 4) is 5.75 Å². The summed E-state index contributed by atoms with van der Waals surface area (Å²) >= 11 is 0. The minimum atomic E-state index is -0.217. The van der Waals surface area contributed by atoms with Gasteiger partial charge in [0.25, 0.3) is 0 Å². The van der Waals surface area contributed by atoms with Gasteiger partial charge in [0, 0.05) is 12.6 Å². The van der Waals surface area contributed by atoms with Gasteiger partial charge >= 0.3 is 6.03 Å². The number of nitrogens with one attached hydrogen (secondary N) is 2. The van der Waals surface area contributed by atoms with Crippen LogP contribution in [0, 0.1) is 0 Å². The highest BCUT2D eigenvalue weighted by atomic mass is 16.5. The van der Waals surface area contributed by atoms with Gasteiger partial charge in [-0.2, -0.15) is 0 Å². The van der Waals surface area contributed by atoms with Crippen LogP contribution in [0.15, 0.2) is 54.6 Å². The van der Waals surface area contributed by atoms with Crippen molar-refractivity contribution in [3.05, 3.63) is 60.2 Å². The quantitative estimate of drug-likeness (QED) is 0.691. The molecule has 1 aliphatic heterocycles. The Morgan fingerprint density at radius 3 is 2.71 bits per heavy atom. The molecular weight excluding hydrogens is 352 g/mol. The first-order chi connectivity index (χ1) is 13.7. The lowest BCUT2D eigenvalue weighted by atomic mass is 10.1. The summed E-state index contributed by atoms with van der Waals surface area (Å²) in [5.74, 6) is 0.670. The van der Waals surface area contributed by atoms with Gasteiger partial charge in [0.2, 0.25) is 0 Å². The van der Waals surface area contributed by atoms with E-state index in [9.17, 15) is 4.79 Å². The summed E-state index contributed by atoms with van der Waals surface area (Å²) in [4.78, 5) is 12.4. The Kier molecular flexibility index (Phi) is 7.73. The van der Waals surface area contributed by atoms with Crippen molar-refractivity contribution in [1.29, 1.82) is 0 Å². The Bertz CT molecular complexity index is 730. The van der Waals surface area contributed by atoms with Crippen molar-refractivity contribution in [2.75, 3.05) is 18.5 Å². The van der Waals surface area contributed by atoms with Gasteiger partial charge < -0.3 is 20.1 Å². The number of hydrogen-bond acceptors (Lipinski definition) is 3. The third-order valence-corrected chi connectivity index (χ3v) is 4.92. The van der Waals surface area contributed by atoms with E-state index in [0.717, 1.165) is 32.3 Å². The topological polar surface area (TPSA) is 59.6 Å². The second kappa shape index (κ2) is 10.7. The molecule has 0 spiro atoms. The van der Waals surface area contributed by atoms with Crippen LogP contribution in [0.25, 0.3) is 0 Å². The van der Waals surface area contributed by atoms with Gasteiger partial charge in [0.15, 0.2) is 0 Å². The summed E-state index contributed by atoms with van der Waals surface area (Å²) in [6.07, 6.45) is 5.27. The summed E-state index contributed by atoms with van der Waals surface area (Å²) in [5, 5.41) is 5.91. The molecule has 0 saturated carbocycles. The second-order valence-corrected chi connectivity index (χ2v) is 7.32. The van der Waals surface area contributed by atoms with E-state index < -0.39 is 0 Å². The Morgan fingerprint density at radius 1 is 1.14 bits per heavy atom. The monoisotopic (exact) mass is 382 g/mol. The SMILES string of the molecule is CC(CCc1ccccc1)NC(=O)Nc1ccccc1OCC1CCCCO1. The number of anilines is 1. The number of hydrogen-bond donors (Lipinski definition) is 2. The molecule has 1 aliphatic rings. The summed E-state index contributed by atoms with van der Waals surface area (Å²) in [7, 11) is 0. The van der Waals surface area contributed by atoms with Crippen LogP contribution in [0.2, 0.25) is 0 Å². The predicted octanol–water partition coefficient (Wildman–Crippen LogP) is 4.78. The Balaban J connectivity index is 1.46. The molecule has 5 heteroatoms. The minimum Gasteiger partial charge on any atom is -0.489 e. The summed E-state index contributed by atoms with van der Waals surface area (Å²) < 4.78 is 11.6. The molecular formula is C23H30N2O3. The molecule has 1 heterocycles. The molecule has 0 radical (unpaired) electrons. The largest absolute Gasteiger partial charge is 0.489 e. The number of carbonyl (C=O) groups is 1. The zero-order valence-corrected chi connectivity index (χ0v) is 16.5. The van der Waals surface area contributed by atoms with Crippen LogP contribution in [0.1, 0.15) is 38.2 Å². The first-order valence-corrected chi connectivity index (χ1v) is 10.2. The predicted molar refractivity (Wildman–Crippen MR) is 112 cm³/mol. The lowest BCUT2D eigenvalue weighted by Gasteiger charge is -2.23. The van der Waals surface area contributed by atoms with E-state index in [1.54, 1.807) is 0 Å². The van der Waals surface area contributed by atoms with Gasteiger partial charge in [0.05, 0.1) is 11.8 Å². The molecule has 150 valence electrons. The third-order valence-electron chi connectivity index (χ3n) is 4.92. The fourth-order valence-corrected chi connectivity index (χ4v) is 3.30. The van der Waals surface area contributed by atoms with Crippen LogP contribution >= 0.6 is 0 Å². The van der Waals surface area contributed by atoms with Gasteiger partial charge in [-0.25, -0.2) is 4.79 Å². The molecule has 0 aromatic heterocycles. The maximum absolute atomic E-state index is 12.4. The van der Waals surface area contributed by atoms with Crippen LogP contribution in [-0.4, -0.2) is 31.4 Å². The van der Waals surface area contributed by atoms with Gasteiger partial charge in [-0.3, -0.25) is 0 Å². The van der Waals surface area contributed by atoms with Gasteiger partial charge in [0.1, 0.15) is 12.4 Å². The number of rotatable bonds is 8. The Hall–Kier alpha value is -2.53. The molecule has 28 heavy (non-hydrogen) atoms. The molecule has 2 aromatic carbocycles. The highest BCUT2D eigenvalue weighted by molar-refractivity contribution is 5.91. The fourth-order valence-electron chi connectivity index (χ4n) is 3.30. The van der Waals surface area contributed by atoms with Gasteiger partial charge in [-0.15, -0.1) is 0 Å². The number of benzene rings is 2. The van der Waals surface area contributed by atoms with E-state index in [1.165, 1.54) is 12.0 Å². The maximum Gasteiger partial charge on any atom is 0.319 e. The van der Waals surface area contributed by atoms with Crippen LogP contribution in [0.4, 0.5) is 10.5 Å². The standard InChI is InChI=1S/C23H30N2O3/c1-18(14-15-19-9-3-2-4-10-19)24-23(26)25-21-12-5-6-13-22(21)28-17-20-11-7-8-16-27-20/h2-6,9-10,12-13,18,20H,7-8,11,14-17H2,1H3,(H2,24,25,26). The Labute approximate surface area is 167 Å². The molecule has 2 amide bonds. The first kappa shape index (κ1) is 20.2. The third kappa shape index (κ3) is 6.57. The molecule has 1 fully saturated rings. The minimum absolute atomic E-state index is 0.0731. The van der Waals surface area contributed by atoms with Crippen molar-refractivity contribution < 1.29 is 14.3 Å². The first-order valence-electron chi connectivity index (χ1n) is 10.2. The van der Waals surface area contributed by atoms with Gasteiger partial charge in [-0.1, -0.05) is 42.5 Å². The molecule has 2 N–H and O–H groups in total. The number of para-hydroxylation sites is 2. The van der Waals surface area contributed by atoms with E-state index in [1.807, 2.05) is 49.4 Å². The molecule has 0 aliphatic carbocycles. The highest BCUT2D eigenvalue weighted by Gasteiger charge is 2.16. The molecule has 2 unspecified atom stereocenters. The summed E-state index contributed by atoms with van der Waals surface area (Å²) in [6, 6.07) is 17.7. The van der Waals surface area contributed by atoms with Crippen molar-refractivity contribution >= 4 is 11.7 Å². The number of amides is 2. The van der Waals surface area contributed by atoms with Gasteiger partial charge in [-0.05, 0) is 56.7 Å². The van der Waals surface area contributed by atoms with E-state index in [2.05, 4.69) is 22.8 Å². The molecule has 1 saturated heterocycles. The van der Waals surface area contributed by atoms with E-state index >= 15 is 0 Å². The summed E-state index contributed by atoms with van der Waals surface area (Å²) in [5.41, 5.74) is 1.95. The van der Waals surface area contributed by atoms with Crippen LogP contribution in [-0.2, 0) is 11.2 Å². The van der Waals surface area contributed by atoms with E-state index in [0.29, 0.717) is 18.0 Å². The van der Waals surface area contributed by atoms with Crippen LogP contribution in [0.5, 0.6) is 5.75 Å². The van der Waals surface area contributed by atoms with E-state index in [4.69, 9.17) is 9.47 Å². The van der Waals surface area contributed by atoms with Crippen molar-refractivity contribution in [3.63, 3.8) is 0 Å². The normalized spacial score (nSPS) is 17.5. The smallest absolute Gasteiger partial charge is 0.319 e. The zero-order chi connectivity index (χ0) is 19.6. The Morgan fingerprint density at radius 2 is 1.93 bits per heavy atom. The summed E-state index contributed by atoms with van der Waals surface area (Å²) in [6.45, 7) is 3.33. The maximum atomic E-state index is 12.4. The molecule has 5 nitrogen and oxygen atoms in total. The van der Waals surface area contributed by atoms with Crippen LogP contribution in [0.3, 0.4) is 0 Å². The number of aryl methyl sites for hydroxylation is 1. The average molecular weight is 383 g/mol. The highest BCUT2D eigenvalue weighted by Crippen LogP contribution is 2.25. The molecule has 2 aromatic rings. The zero-order valence-electron chi connectivity index (χ0n) is 16.5. The van der Waals surface area contributed by atoms with Crippen molar-refractivity contribution in [1.82, 2.24) is 5.32 Å². The molecule has 0 bridgehead atoms. The molecule has 2 atom stereocenters. The number of carbonyl (C=O) groups excluding carboxylic acids is 1. The van der Waals surface area contributed by atoms with E-state index in [-0.39, 0.29) is 18.2 Å². The fraction of sp³-hybridized carbons (Fsp3) is 0.435.